The fourth-order valence-corrected chi connectivity index (χ4v) is 0. The molecule has 0 aromatic carbocycles. The summed E-state index contributed by atoms with van der Waals surface area (Å²) in [6.07, 6.45) is 0. The van der Waals surface area contributed by atoms with Gasteiger partial charge in [-0.15, -0.1) is 0 Å². The quantitative estimate of drug-likeness (QED) is 0.444. The van der Waals surface area contributed by atoms with Crippen LogP contribution in [-0.2, 0) is 55.2 Å². The largest absolute Gasteiger partial charge is 0.0852 e. The Balaban J connectivity index is -0.00000000167. The van der Waals surface area contributed by atoms with Crippen molar-refractivity contribution >= 4 is 17.6 Å². The molecule has 5 heteroatoms. The van der Waals surface area contributed by atoms with Crippen LogP contribution >= 0.6 is 0 Å². The molecule has 0 N–H and O–H groups in total. The van der Waals surface area contributed by atoms with Crippen LogP contribution < -0.4 is 0 Å². The van der Waals surface area contributed by atoms with Crippen molar-refractivity contribution in [3.63, 3.8) is 0 Å². The molecule has 0 atom stereocenters. The standard InChI is InChI=1S/BH5Si.Co.Cr.W/c1-2;;;/h1H2,2H3;;;. The molecule has 0 saturated heterocycles. The van der Waals surface area contributed by atoms with Gasteiger partial charge in [0.1, 0.15) is 0 Å². The van der Waals surface area contributed by atoms with Gasteiger partial charge in [-0.3, -0.25) is 0 Å². The topological polar surface area (TPSA) is 0 Å². The Morgan fingerprint density at radius 3 is 1.20 bits per heavy atom. The third kappa shape index (κ3) is 23.9. The molecular formula is H5BCoCrSiW. The van der Waals surface area contributed by atoms with E-state index in [2.05, 4.69) is 7.44 Å². The van der Waals surface area contributed by atoms with Crippen LogP contribution in [0.2, 0.25) is 0 Å². The minimum Gasteiger partial charge on any atom is -0.0304 e. The molecule has 1 radical (unpaired) electrons. The van der Waals surface area contributed by atoms with Crippen LogP contribution in [0.3, 0.4) is 0 Å². The molecule has 0 amide bonds. The fraction of sp³-hybridized carbons (Fsp3) is 0. The smallest absolute Gasteiger partial charge is 0.0304 e. The van der Waals surface area contributed by atoms with E-state index in [0.717, 1.165) is 0 Å². The van der Waals surface area contributed by atoms with Gasteiger partial charge in [0.05, 0.1) is 7.44 Å². The Kier molecular flexibility index (Phi) is 209. The van der Waals surface area contributed by atoms with Crippen molar-refractivity contribution in [3.8, 4) is 0 Å². The Morgan fingerprint density at radius 1 is 1.20 bits per heavy atom. The van der Waals surface area contributed by atoms with E-state index in [9.17, 15) is 0 Å². The summed E-state index contributed by atoms with van der Waals surface area (Å²) in [4.78, 5) is 0. The molecule has 0 spiro atoms. The van der Waals surface area contributed by atoms with Crippen LogP contribution in [0.25, 0.3) is 0 Å². The van der Waals surface area contributed by atoms with Crippen LogP contribution in [0.4, 0.5) is 0 Å². The second-order valence-corrected chi connectivity index (χ2v) is 0. The van der Waals surface area contributed by atoms with Crippen molar-refractivity contribution in [1.29, 1.82) is 0 Å². The molecule has 0 nitrogen and oxygen atoms in total. The average Bonchev–Trinajstić information content (AvgIpc) is 1.00. The van der Waals surface area contributed by atoms with Gasteiger partial charge in [-0.25, -0.2) is 0 Å². The summed E-state index contributed by atoms with van der Waals surface area (Å²) in [6.45, 7) is 0. The zero-order chi connectivity index (χ0) is 2.00. The van der Waals surface area contributed by atoms with Crippen molar-refractivity contribution in [1.82, 2.24) is 0 Å². The zero-order valence-electron chi connectivity index (χ0n) is 3.15. The van der Waals surface area contributed by atoms with Crippen molar-refractivity contribution in [2.24, 2.45) is 0 Å². The van der Waals surface area contributed by atoms with Crippen LogP contribution in [0.5, 0.6) is 0 Å². The van der Waals surface area contributed by atoms with E-state index in [0.29, 0.717) is 0 Å². The first-order valence-electron chi connectivity index (χ1n) is 1.00. The Bertz CT molecular complexity index is 11.6. The third-order valence-electron chi connectivity index (χ3n) is 0. The molecule has 0 aromatic rings. The van der Waals surface area contributed by atoms with Gasteiger partial charge in [0, 0.05) is 55.2 Å². The molecule has 5 heavy (non-hydrogen) atoms. The van der Waals surface area contributed by atoms with E-state index in [1.807, 2.05) is 0 Å². The second-order valence-electron chi connectivity index (χ2n) is 0. The number of hydrogen-bond acceptors (Lipinski definition) is 0. The molecule has 0 aliphatic heterocycles. The van der Waals surface area contributed by atoms with Crippen molar-refractivity contribution in [2.45, 2.75) is 0 Å². The molecular weight excluding hydrogens is 334 g/mol. The van der Waals surface area contributed by atoms with Crippen molar-refractivity contribution < 1.29 is 55.2 Å². The summed E-state index contributed by atoms with van der Waals surface area (Å²) in [5, 5.41) is 0. The van der Waals surface area contributed by atoms with Crippen LogP contribution in [0, 0.1) is 0 Å². The van der Waals surface area contributed by atoms with Crippen molar-refractivity contribution in [2.75, 3.05) is 0 Å². The monoisotopic (exact) mass is 339 g/mol. The Morgan fingerprint density at radius 2 is 1.20 bits per heavy atom. The van der Waals surface area contributed by atoms with E-state index in [4.69, 9.17) is 0 Å². The van der Waals surface area contributed by atoms with Gasteiger partial charge >= 0.3 is 0 Å². The molecule has 0 fully saturated rings. The molecule has 0 aliphatic rings. The van der Waals surface area contributed by atoms with Gasteiger partial charge < -0.3 is 0 Å². The zero-order valence-corrected chi connectivity index (χ0v) is 10.4. The van der Waals surface area contributed by atoms with Crippen LogP contribution in [-0.4, -0.2) is 17.6 Å². The predicted molar refractivity (Wildman–Crippen MR) is 18.5 cm³/mol. The van der Waals surface area contributed by atoms with Gasteiger partial charge in [-0.1, -0.05) is 0 Å². The molecule has 0 rings (SSSR count). The predicted octanol–water partition coefficient (Wildman–Crippen LogP) is -2.11. The SMILES string of the molecule is B[SiH3].[Co].[Cr].[W]. The van der Waals surface area contributed by atoms with Crippen LogP contribution in [0.1, 0.15) is 0 Å². The van der Waals surface area contributed by atoms with Gasteiger partial charge in [0.15, 0.2) is 0 Å². The molecule has 0 heterocycles. The first kappa shape index (κ1) is 28.0. The Labute approximate surface area is 72.2 Å². The summed E-state index contributed by atoms with van der Waals surface area (Å²) in [5.74, 6) is 0. The summed E-state index contributed by atoms with van der Waals surface area (Å²) in [5.41, 5.74) is 0. The minimum atomic E-state index is 0. The summed E-state index contributed by atoms with van der Waals surface area (Å²) >= 11 is 0. The maximum Gasteiger partial charge on any atom is 0.0852 e. The van der Waals surface area contributed by atoms with Gasteiger partial charge in [-0.05, 0) is 10.1 Å². The van der Waals surface area contributed by atoms with E-state index < -0.39 is 0 Å². The summed E-state index contributed by atoms with van der Waals surface area (Å²) in [6, 6.07) is 0. The first-order valence-corrected chi connectivity index (χ1v) is 3.00. The minimum absolute atomic E-state index is 0. The molecule has 0 bridgehead atoms. The fourth-order valence-electron chi connectivity index (χ4n) is 0. The summed E-state index contributed by atoms with van der Waals surface area (Å²) < 4.78 is 0. The van der Waals surface area contributed by atoms with Crippen molar-refractivity contribution in [3.05, 3.63) is 0 Å². The maximum absolute atomic E-state index is 2.14. The van der Waals surface area contributed by atoms with Crippen LogP contribution in [0.15, 0.2) is 0 Å². The normalized spacial score (nSPS) is 1.60. The number of rotatable bonds is 0. The molecule has 0 aliphatic carbocycles. The maximum atomic E-state index is 2.14. The molecule has 0 aromatic heterocycles. The van der Waals surface area contributed by atoms with Gasteiger partial charge in [-0.2, -0.15) is 0 Å². The second kappa shape index (κ2) is 37.4. The van der Waals surface area contributed by atoms with E-state index >= 15 is 0 Å². The van der Waals surface area contributed by atoms with E-state index in [-0.39, 0.29) is 55.2 Å². The summed E-state index contributed by atoms with van der Waals surface area (Å²) in [7, 11) is 3.44. The van der Waals surface area contributed by atoms with E-state index in [1.54, 1.807) is 0 Å². The Hall–Kier alpha value is 2.01. The van der Waals surface area contributed by atoms with E-state index in [1.165, 1.54) is 10.1 Å². The first-order chi connectivity index (χ1) is 1.00. The number of hydrogen-bond donors (Lipinski definition) is 0. The molecule has 33 valence electrons. The molecule has 0 saturated carbocycles. The van der Waals surface area contributed by atoms with Gasteiger partial charge in [0.25, 0.3) is 0 Å². The third-order valence-corrected chi connectivity index (χ3v) is 0. The van der Waals surface area contributed by atoms with Gasteiger partial charge in [0.2, 0.25) is 0 Å². The molecule has 0 unspecified atom stereocenters. The average molecular weight is 339 g/mol.